The zero-order valence-corrected chi connectivity index (χ0v) is 11.6. The summed E-state index contributed by atoms with van der Waals surface area (Å²) in [6.07, 6.45) is 0. The van der Waals surface area contributed by atoms with Crippen LogP contribution in [0.1, 0.15) is 13.8 Å². The first kappa shape index (κ1) is 11.6. The van der Waals surface area contributed by atoms with E-state index in [9.17, 15) is 0 Å². The van der Waals surface area contributed by atoms with Gasteiger partial charge >= 0.3 is 0 Å². The van der Waals surface area contributed by atoms with E-state index in [1.807, 2.05) is 6.07 Å². The largest absolute Gasteiger partial charge is 0.304 e. The number of rotatable bonds is 2. The maximum absolute atomic E-state index is 5.93. The predicted octanol–water partition coefficient (Wildman–Crippen LogP) is 4.39. The third kappa shape index (κ3) is 3.06. The highest BCUT2D eigenvalue weighted by molar-refractivity contribution is 8.15. The predicted molar refractivity (Wildman–Crippen MR) is 72.7 cm³/mol. The van der Waals surface area contributed by atoms with Gasteiger partial charge in [-0.25, -0.2) is 4.99 Å². The maximum atomic E-state index is 5.93. The van der Waals surface area contributed by atoms with Crippen LogP contribution in [0.5, 0.6) is 0 Å². The van der Waals surface area contributed by atoms with Crippen LogP contribution in [0, 0.1) is 5.92 Å². The Balaban J connectivity index is 2.07. The molecule has 2 nitrogen and oxygen atoms in total. The molecule has 1 aliphatic heterocycles. The van der Waals surface area contributed by atoms with Crippen LogP contribution in [0.15, 0.2) is 15.3 Å². The second kappa shape index (κ2) is 4.99. The normalized spacial score (nSPS) is 14.8. The van der Waals surface area contributed by atoms with E-state index in [1.165, 1.54) is 0 Å². The zero-order valence-electron chi connectivity index (χ0n) is 8.41. The van der Waals surface area contributed by atoms with Crippen molar-refractivity contribution in [1.82, 2.24) is 4.72 Å². The van der Waals surface area contributed by atoms with Crippen LogP contribution in [0.3, 0.4) is 0 Å². The summed E-state index contributed by atoms with van der Waals surface area (Å²) in [7, 11) is 0. The van der Waals surface area contributed by atoms with Gasteiger partial charge in [-0.15, -0.1) is 11.3 Å². The minimum Gasteiger partial charge on any atom is -0.304 e. The van der Waals surface area contributed by atoms with Gasteiger partial charge in [-0.3, -0.25) is 0 Å². The molecule has 1 aliphatic rings. The third-order valence-corrected chi connectivity index (χ3v) is 5.32. The minimum absolute atomic E-state index is 0.678. The number of thioether (sulfide) groups is 1. The molecule has 1 aromatic heterocycles. The quantitative estimate of drug-likeness (QED) is 0.812. The summed E-state index contributed by atoms with van der Waals surface area (Å²) in [5.74, 6) is 1.76. The lowest BCUT2D eigenvalue weighted by molar-refractivity contribution is 0.752. The number of thiophene rings is 1. The highest BCUT2D eigenvalue weighted by Crippen LogP contribution is 2.42. The molecule has 0 bridgehead atoms. The Morgan fingerprint density at radius 3 is 3.13 bits per heavy atom. The van der Waals surface area contributed by atoms with Gasteiger partial charge in [0.15, 0.2) is 5.17 Å². The first-order chi connectivity index (χ1) is 7.15. The van der Waals surface area contributed by atoms with E-state index in [-0.39, 0.29) is 0 Å². The highest BCUT2D eigenvalue weighted by atomic mass is 35.5. The van der Waals surface area contributed by atoms with Crippen molar-refractivity contribution in [2.45, 2.75) is 18.1 Å². The van der Waals surface area contributed by atoms with Gasteiger partial charge in [0.1, 0.15) is 4.21 Å². The van der Waals surface area contributed by atoms with Crippen LogP contribution < -0.4 is 4.72 Å². The molecule has 0 aromatic carbocycles. The molecule has 15 heavy (non-hydrogen) atoms. The number of hydrogen-bond acceptors (Lipinski definition) is 5. The lowest BCUT2D eigenvalue weighted by Gasteiger charge is -2.13. The molecule has 0 fully saturated rings. The Kier molecular flexibility index (Phi) is 3.88. The van der Waals surface area contributed by atoms with Crippen molar-refractivity contribution in [3.8, 4) is 0 Å². The SMILES string of the molecule is CC(C)CSC1=Nc2cc(Cl)sc2SN1. The van der Waals surface area contributed by atoms with Gasteiger partial charge in [0.05, 0.1) is 10.0 Å². The van der Waals surface area contributed by atoms with E-state index < -0.39 is 0 Å². The van der Waals surface area contributed by atoms with Gasteiger partial charge in [-0.2, -0.15) is 0 Å². The standard InChI is InChI=1S/C9H11ClN2S3/c1-5(2)4-13-9-11-6-3-7(10)14-8(6)15-12-9/h3,5H,4H2,1-2H3,(H,11,12). The summed E-state index contributed by atoms with van der Waals surface area (Å²) in [6.45, 7) is 4.41. The molecule has 1 aromatic rings. The van der Waals surface area contributed by atoms with E-state index in [0.717, 1.165) is 25.2 Å². The molecule has 0 saturated carbocycles. The van der Waals surface area contributed by atoms with Crippen molar-refractivity contribution in [2.24, 2.45) is 10.9 Å². The Morgan fingerprint density at radius 1 is 1.60 bits per heavy atom. The molecule has 2 rings (SSSR count). The van der Waals surface area contributed by atoms with Gasteiger partial charge in [0, 0.05) is 5.75 Å². The van der Waals surface area contributed by atoms with Crippen molar-refractivity contribution in [2.75, 3.05) is 5.75 Å². The topological polar surface area (TPSA) is 24.4 Å². The molecule has 0 saturated heterocycles. The summed E-state index contributed by atoms with van der Waals surface area (Å²) in [5.41, 5.74) is 1.00. The number of amidine groups is 1. The lowest BCUT2D eigenvalue weighted by Crippen LogP contribution is -2.15. The van der Waals surface area contributed by atoms with Crippen LogP contribution in [-0.4, -0.2) is 10.9 Å². The zero-order chi connectivity index (χ0) is 10.8. The molecule has 0 spiro atoms. The Labute approximate surface area is 107 Å². The smallest absolute Gasteiger partial charge is 0.172 e. The fourth-order valence-electron chi connectivity index (χ4n) is 1.02. The lowest BCUT2D eigenvalue weighted by atomic mass is 10.3. The summed E-state index contributed by atoms with van der Waals surface area (Å²) in [6, 6.07) is 1.92. The summed E-state index contributed by atoms with van der Waals surface area (Å²) < 4.78 is 5.17. The molecule has 0 amide bonds. The van der Waals surface area contributed by atoms with Crippen LogP contribution in [0.25, 0.3) is 0 Å². The minimum atomic E-state index is 0.678. The number of nitrogens with zero attached hydrogens (tertiary/aromatic N) is 1. The van der Waals surface area contributed by atoms with Crippen LogP contribution in [0.2, 0.25) is 4.34 Å². The first-order valence-corrected chi connectivity index (χ1v) is 7.58. The molecule has 0 unspecified atom stereocenters. The van der Waals surface area contributed by atoms with Crippen LogP contribution in [0.4, 0.5) is 5.69 Å². The van der Waals surface area contributed by atoms with Gasteiger partial charge in [-0.1, -0.05) is 37.2 Å². The van der Waals surface area contributed by atoms with Gasteiger partial charge < -0.3 is 4.72 Å². The van der Waals surface area contributed by atoms with Gasteiger partial charge in [-0.05, 0) is 23.9 Å². The third-order valence-electron chi connectivity index (χ3n) is 1.66. The van der Waals surface area contributed by atoms with E-state index in [4.69, 9.17) is 11.6 Å². The molecular weight excluding hydrogens is 268 g/mol. The molecule has 2 heterocycles. The van der Waals surface area contributed by atoms with Crippen molar-refractivity contribution >= 4 is 57.5 Å². The second-order valence-electron chi connectivity index (χ2n) is 3.55. The number of halogens is 1. The monoisotopic (exact) mass is 278 g/mol. The summed E-state index contributed by atoms with van der Waals surface area (Å²) >= 11 is 10.9. The maximum Gasteiger partial charge on any atom is 0.172 e. The van der Waals surface area contributed by atoms with Gasteiger partial charge in [0.25, 0.3) is 0 Å². The number of hydrogen-bond donors (Lipinski definition) is 1. The van der Waals surface area contributed by atoms with E-state index >= 15 is 0 Å². The van der Waals surface area contributed by atoms with Crippen molar-refractivity contribution < 1.29 is 0 Å². The fourth-order valence-corrected chi connectivity index (χ4v) is 4.06. The van der Waals surface area contributed by atoms with Crippen LogP contribution in [-0.2, 0) is 0 Å². The van der Waals surface area contributed by atoms with E-state index in [0.29, 0.717) is 5.92 Å². The molecule has 1 N–H and O–H groups in total. The average Bonchev–Trinajstić information content (AvgIpc) is 2.53. The molecule has 6 heteroatoms. The number of nitrogens with one attached hydrogen (secondary N) is 1. The molecular formula is C9H11ClN2S3. The average molecular weight is 279 g/mol. The van der Waals surface area contributed by atoms with Crippen LogP contribution >= 0.6 is 46.6 Å². The van der Waals surface area contributed by atoms with E-state index in [1.54, 1.807) is 35.0 Å². The number of aliphatic imine (C=N–C) groups is 1. The summed E-state index contributed by atoms with van der Waals surface area (Å²) in [5, 5.41) is 0.982. The molecule has 0 aliphatic carbocycles. The molecule has 0 atom stereocenters. The first-order valence-electron chi connectivity index (χ1n) is 4.59. The van der Waals surface area contributed by atoms with E-state index in [2.05, 4.69) is 23.6 Å². The molecule has 82 valence electrons. The Bertz CT molecular complexity index is 387. The molecule has 0 radical (unpaired) electrons. The van der Waals surface area contributed by atoms with Crippen molar-refractivity contribution in [3.63, 3.8) is 0 Å². The van der Waals surface area contributed by atoms with Crippen molar-refractivity contribution in [3.05, 3.63) is 10.4 Å². The number of fused-ring (bicyclic) bond motifs is 1. The second-order valence-corrected chi connectivity index (χ2v) is 7.32. The summed E-state index contributed by atoms with van der Waals surface area (Å²) in [4.78, 5) is 4.51. The Hall–Kier alpha value is 0.160. The van der Waals surface area contributed by atoms with Crippen molar-refractivity contribution in [1.29, 1.82) is 0 Å². The van der Waals surface area contributed by atoms with Gasteiger partial charge in [0.2, 0.25) is 0 Å². The highest BCUT2D eigenvalue weighted by Gasteiger charge is 2.15. The fraction of sp³-hybridized carbons (Fsp3) is 0.444. The Morgan fingerprint density at radius 2 is 2.40 bits per heavy atom.